The Hall–Kier alpha value is -2.95. The quantitative estimate of drug-likeness (QED) is 0.775. The van der Waals surface area contributed by atoms with Crippen molar-refractivity contribution in [2.24, 2.45) is 0 Å². The lowest BCUT2D eigenvalue weighted by Crippen LogP contribution is -2.12. The van der Waals surface area contributed by atoms with Crippen LogP contribution in [-0.4, -0.2) is 32.1 Å². The van der Waals surface area contributed by atoms with E-state index in [0.29, 0.717) is 5.69 Å². The zero-order chi connectivity index (χ0) is 16.4. The van der Waals surface area contributed by atoms with Crippen molar-refractivity contribution in [1.29, 1.82) is 0 Å². The minimum Gasteiger partial charge on any atom is -0.497 e. The third-order valence-corrected chi connectivity index (χ3v) is 3.71. The first-order valence-corrected chi connectivity index (χ1v) is 7.32. The molecular formula is C18H19N3O2. The summed E-state index contributed by atoms with van der Waals surface area (Å²) >= 11 is 0. The van der Waals surface area contributed by atoms with Crippen molar-refractivity contribution in [3.8, 4) is 5.75 Å². The summed E-state index contributed by atoms with van der Waals surface area (Å²) in [6, 6.07) is 15.2. The first-order valence-electron chi connectivity index (χ1n) is 7.32. The number of carbonyl (C=O) groups excluding carboxylic acids is 1. The topological polar surface area (TPSA) is 57.4 Å². The van der Waals surface area contributed by atoms with Gasteiger partial charge in [0.05, 0.1) is 7.11 Å². The van der Waals surface area contributed by atoms with E-state index in [0.717, 1.165) is 28.0 Å². The molecule has 0 radical (unpaired) electrons. The molecule has 3 aromatic rings. The fraction of sp³-hybridized carbons (Fsp3) is 0.167. The van der Waals surface area contributed by atoms with Crippen LogP contribution >= 0.6 is 0 Å². The monoisotopic (exact) mass is 309 g/mol. The number of nitrogens with zero attached hydrogens (tertiary/aromatic N) is 1. The van der Waals surface area contributed by atoms with Crippen LogP contribution < -0.4 is 15.0 Å². The van der Waals surface area contributed by atoms with E-state index in [-0.39, 0.29) is 5.91 Å². The molecule has 2 aromatic carbocycles. The number of rotatable bonds is 4. The fourth-order valence-electron chi connectivity index (χ4n) is 2.40. The van der Waals surface area contributed by atoms with E-state index in [1.54, 1.807) is 7.11 Å². The molecule has 1 aromatic heterocycles. The van der Waals surface area contributed by atoms with Gasteiger partial charge in [0.25, 0.3) is 5.91 Å². The van der Waals surface area contributed by atoms with E-state index in [9.17, 15) is 4.79 Å². The molecule has 0 bridgehead atoms. The summed E-state index contributed by atoms with van der Waals surface area (Å²) in [6.45, 7) is 0. The average Bonchev–Trinajstić information content (AvgIpc) is 2.98. The van der Waals surface area contributed by atoms with Gasteiger partial charge in [-0.2, -0.15) is 0 Å². The molecule has 5 heteroatoms. The number of amides is 1. The van der Waals surface area contributed by atoms with Crippen LogP contribution in [0.4, 0.5) is 11.4 Å². The van der Waals surface area contributed by atoms with E-state index < -0.39 is 0 Å². The number of nitrogens with one attached hydrogen (secondary N) is 2. The molecule has 0 saturated carbocycles. The van der Waals surface area contributed by atoms with Crippen molar-refractivity contribution in [2.45, 2.75) is 0 Å². The average molecular weight is 309 g/mol. The molecule has 1 heterocycles. The lowest BCUT2D eigenvalue weighted by molar-refractivity contribution is 0.102. The van der Waals surface area contributed by atoms with Crippen LogP contribution in [-0.2, 0) is 0 Å². The molecule has 118 valence electrons. The second kappa shape index (κ2) is 6.04. The van der Waals surface area contributed by atoms with Crippen LogP contribution in [0, 0.1) is 0 Å². The molecule has 0 saturated heterocycles. The molecule has 23 heavy (non-hydrogen) atoms. The van der Waals surface area contributed by atoms with Gasteiger partial charge >= 0.3 is 0 Å². The second-order valence-corrected chi connectivity index (χ2v) is 5.53. The largest absolute Gasteiger partial charge is 0.497 e. The lowest BCUT2D eigenvalue weighted by Gasteiger charge is -2.12. The summed E-state index contributed by atoms with van der Waals surface area (Å²) in [7, 11) is 5.58. The Labute approximate surface area is 134 Å². The van der Waals surface area contributed by atoms with Gasteiger partial charge in [0, 0.05) is 36.4 Å². The number of fused-ring (bicyclic) bond motifs is 1. The van der Waals surface area contributed by atoms with Crippen LogP contribution in [0.3, 0.4) is 0 Å². The Bertz CT molecular complexity index is 835. The highest BCUT2D eigenvalue weighted by Crippen LogP contribution is 2.22. The summed E-state index contributed by atoms with van der Waals surface area (Å²) in [5.74, 6) is 0.598. The Balaban J connectivity index is 1.80. The fourth-order valence-corrected chi connectivity index (χ4v) is 2.40. The highest BCUT2D eigenvalue weighted by molar-refractivity contribution is 6.06. The molecule has 1 amide bonds. The minimum absolute atomic E-state index is 0.169. The van der Waals surface area contributed by atoms with Gasteiger partial charge in [-0.3, -0.25) is 4.79 Å². The number of benzene rings is 2. The van der Waals surface area contributed by atoms with Crippen LogP contribution in [0.25, 0.3) is 10.9 Å². The molecule has 2 N–H and O–H groups in total. The Kier molecular flexibility index (Phi) is 3.93. The molecule has 0 aliphatic carbocycles. The van der Waals surface area contributed by atoms with Gasteiger partial charge in [0.15, 0.2) is 0 Å². The number of hydrogen-bond acceptors (Lipinski definition) is 3. The highest BCUT2D eigenvalue weighted by Gasteiger charge is 2.10. The maximum Gasteiger partial charge on any atom is 0.272 e. The van der Waals surface area contributed by atoms with Crippen molar-refractivity contribution in [3.63, 3.8) is 0 Å². The first-order chi connectivity index (χ1) is 11.1. The smallest absolute Gasteiger partial charge is 0.272 e. The Morgan fingerprint density at radius 3 is 2.48 bits per heavy atom. The molecule has 0 atom stereocenters. The van der Waals surface area contributed by atoms with E-state index in [1.165, 1.54) is 0 Å². The maximum absolute atomic E-state index is 12.4. The van der Waals surface area contributed by atoms with Crippen LogP contribution in [0.15, 0.2) is 48.5 Å². The predicted octanol–water partition coefficient (Wildman–Crippen LogP) is 3.49. The normalized spacial score (nSPS) is 10.6. The van der Waals surface area contributed by atoms with Crippen molar-refractivity contribution < 1.29 is 9.53 Å². The van der Waals surface area contributed by atoms with Crippen molar-refractivity contribution in [1.82, 2.24) is 4.98 Å². The molecule has 0 fully saturated rings. The third-order valence-electron chi connectivity index (χ3n) is 3.71. The van der Waals surface area contributed by atoms with Gasteiger partial charge in [-0.05, 0) is 48.5 Å². The number of hydrogen-bond donors (Lipinski definition) is 2. The van der Waals surface area contributed by atoms with E-state index >= 15 is 0 Å². The highest BCUT2D eigenvalue weighted by atomic mass is 16.5. The molecular weight excluding hydrogens is 290 g/mol. The summed E-state index contributed by atoms with van der Waals surface area (Å²) in [4.78, 5) is 17.5. The number of anilines is 2. The van der Waals surface area contributed by atoms with Gasteiger partial charge in [0.2, 0.25) is 0 Å². The summed E-state index contributed by atoms with van der Waals surface area (Å²) < 4.78 is 5.20. The van der Waals surface area contributed by atoms with Crippen LogP contribution in [0.5, 0.6) is 5.75 Å². The zero-order valence-electron chi connectivity index (χ0n) is 13.4. The molecule has 0 aliphatic heterocycles. The van der Waals surface area contributed by atoms with E-state index in [1.807, 2.05) is 67.5 Å². The Morgan fingerprint density at radius 2 is 1.83 bits per heavy atom. The number of H-pyrrole nitrogens is 1. The van der Waals surface area contributed by atoms with Crippen molar-refractivity contribution in [2.75, 3.05) is 31.4 Å². The number of carbonyl (C=O) groups is 1. The van der Waals surface area contributed by atoms with Gasteiger partial charge in [0.1, 0.15) is 11.4 Å². The summed E-state index contributed by atoms with van der Waals surface area (Å²) in [6.07, 6.45) is 0. The summed E-state index contributed by atoms with van der Waals surface area (Å²) in [5, 5.41) is 3.84. The molecule has 0 aliphatic rings. The standard InChI is InChI=1S/C18H19N3O2/c1-21(2)14-6-4-13(5-7-14)19-18(22)17-11-12-10-15(23-3)8-9-16(12)20-17/h4-11,20H,1-3H3,(H,19,22). The number of aromatic amines is 1. The van der Waals surface area contributed by atoms with E-state index in [2.05, 4.69) is 10.3 Å². The molecule has 3 rings (SSSR count). The zero-order valence-corrected chi connectivity index (χ0v) is 13.4. The maximum atomic E-state index is 12.4. The van der Waals surface area contributed by atoms with Crippen molar-refractivity contribution >= 4 is 28.2 Å². The van der Waals surface area contributed by atoms with Crippen LogP contribution in [0.2, 0.25) is 0 Å². The van der Waals surface area contributed by atoms with Gasteiger partial charge in [-0.1, -0.05) is 0 Å². The first kappa shape index (κ1) is 15.0. The third kappa shape index (κ3) is 3.13. The van der Waals surface area contributed by atoms with Crippen molar-refractivity contribution in [3.05, 3.63) is 54.2 Å². The molecule has 0 spiro atoms. The van der Waals surface area contributed by atoms with Gasteiger partial charge in [-0.25, -0.2) is 0 Å². The van der Waals surface area contributed by atoms with Gasteiger partial charge in [-0.15, -0.1) is 0 Å². The number of methoxy groups -OCH3 is 1. The molecule has 5 nitrogen and oxygen atoms in total. The number of ether oxygens (including phenoxy) is 1. The summed E-state index contributed by atoms with van der Waals surface area (Å²) in [5.41, 5.74) is 3.27. The minimum atomic E-state index is -0.169. The Morgan fingerprint density at radius 1 is 1.09 bits per heavy atom. The second-order valence-electron chi connectivity index (χ2n) is 5.53. The van der Waals surface area contributed by atoms with Crippen LogP contribution in [0.1, 0.15) is 10.5 Å². The SMILES string of the molecule is COc1ccc2[nH]c(C(=O)Nc3ccc(N(C)C)cc3)cc2c1. The number of aromatic nitrogens is 1. The predicted molar refractivity (Wildman–Crippen MR) is 93.6 cm³/mol. The lowest BCUT2D eigenvalue weighted by atomic mass is 10.2. The van der Waals surface area contributed by atoms with Gasteiger partial charge < -0.3 is 19.9 Å². The molecule has 0 unspecified atom stereocenters. The van der Waals surface area contributed by atoms with E-state index in [4.69, 9.17) is 4.74 Å².